The summed E-state index contributed by atoms with van der Waals surface area (Å²) >= 11 is 0. The van der Waals surface area contributed by atoms with Gasteiger partial charge in [0.05, 0.1) is 0 Å². The van der Waals surface area contributed by atoms with Gasteiger partial charge in [-0.05, 0) is 49.9 Å². The van der Waals surface area contributed by atoms with E-state index >= 15 is 0 Å². The summed E-state index contributed by atoms with van der Waals surface area (Å²) in [6, 6.07) is 8.29. The number of hydrogen-bond donors (Lipinski definition) is 2. The Morgan fingerprint density at radius 3 is 2.68 bits per heavy atom. The molecule has 0 fully saturated rings. The first-order chi connectivity index (χ1) is 10.7. The van der Waals surface area contributed by atoms with Crippen LogP contribution in [0.2, 0.25) is 0 Å². The van der Waals surface area contributed by atoms with E-state index in [0.29, 0.717) is 0 Å². The highest BCUT2D eigenvalue weighted by Gasteiger charge is 2.16. The molecule has 1 atom stereocenters. The molecular formula is C18H23N3O. The van der Waals surface area contributed by atoms with Crippen LogP contribution in [0.25, 0.3) is 0 Å². The lowest BCUT2D eigenvalue weighted by atomic mass is 9.95. The first-order valence-electron chi connectivity index (χ1n) is 7.98. The Morgan fingerprint density at radius 2 is 2.05 bits per heavy atom. The quantitative estimate of drug-likeness (QED) is 0.843. The molecule has 1 aromatic carbocycles. The molecule has 4 nitrogen and oxygen atoms in total. The standard InChI is InChI=1S/C18H23N3O/c19-15-6-4-14(5-7-15)18(22)20-16-8-10-17(11-9-16)21-12-2-1-3-13-21/h1-2,4,8-11,15H,3,5-7,12-13,19H2,(H,20,22). The van der Waals surface area contributed by atoms with E-state index in [1.165, 1.54) is 5.69 Å². The van der Waals surface area contributed by atoms with Crippen LogP contribution in [0.5, 0.6) is 0 Å². The molecule has 2 aliphatic rings. The Kier molecular flexibility index (Phi) is 4.59. The number of carbonyl (C=O) groups is 1. The van der Waals surface area contributed by atoms with E-state index in [2.05, 4.69) is 34.5 Å². The van der Waals surface area contributed by atoms with Gasteiger partial charge in [-0.15, -0.1) is 0 Å². The molecule has 1 aliphatic heterocycles. The lowest BCUT2D eigenvalue weighted by Crippen LogP contribution is -2.26. The lowest BCUT2D eigenvalue weighted by molar-refractivity contribution is -0.113. The highest BCUT2D eigenvalue weighted by atomic mass is 16.1. The molecule has 4 heteroatoms. The van der Waals surface area contributed by atoms with E-state index in [1.807, 2.05) is 18.2 Å². The summed E-state index contributed by atoms with van der Waals surface area (Å²) in [7, 11) is 0. The maximum absolute atomic E-state index is 12.2. The molecule has 0 spiro atoms. The predicted octanol–water partition coefficient (Wildman–Crippen LogP) is 2.83. The Bertz CT molecular complexity index is 589. The van der Waals surface area contributed by atoms with Gasteiger partial charge in [0.1, 0.15) is 0 Å². The van der Waals surface area contributed by atoms with Gasteiger partial charge in [0.25, 0.3) is 5.91 Å². The molecule has 22 heavy (non-hydrogen) atoms. The topological polar surface area (TPSA) is 58.4 Å². The fraction of sp³-hybridized carbons (Fsp3) is 0.389. The number of hydrogen-bond acceptors (Lipinski definition) is 3. The van der Waals surface area contributed by atoms with Crippen molar-refractivity contribution in [2.24, 2.45) is 5.73 Å². The Hall–Kier alpha value is -2.07. The molecule has 1 heterocycles. The smallest absolute Gasteiger partial charge is 0.251 e. The summed E-state index contributed by atoms with van der Waals surface area (Å²) < 4.78 is 0. The summed E-state index contributed by atoms with van der Waals surface area (Å²) in [5, 5.41) is 2.98. The zero-order chi connectivity index (χ0) is 15.4. The lowest BCUT2D eigenvalue weighted by Gasteiger charge is -2.25. The minimum Gasteiger partial charge on any atom is -0.367 e. The van der Waals surface area contributed by atoms with E-state index in [-0.39, 0.29) is 11.9 Å². The van der Waals surface area contributed by atoms with Gasteiger partial charge in [-0.1, -0.05) is 18.2 Å². The van der Waals surface area contributed by atoms with Crippen molar-refractivity contribution in [2.75, 3.05) is 23.3 Å². The summed E-state index contributed by atoms with van der Waals surface area (Å²) in [4.78, 5) is 14.6. The van der Waals surface area contributed by atoms with Gasteiger partial charge in [0.15, 0.2) is 0 Å². The van der Waals surface area contributed by atoms with Crippen LogP contribution >= 0.6 is 0 Å². The highest BCUT2D eigenvalue weighted by Crippen LogP contribution is 2.22. The molecule has 0 saturated carbocycles. The third-order valence-corrected chi connectivity index (χ3v) is 4.29. The zero-order valence-electron chi connectivity index (χ0n) is 12.8. The second-order valence-corrected chi connectivity index (χ2v) is 5.97. The number of benzene rings is 1. The average molecular weight is 297 g/mol. The van der Waals surface area contributed by atoms with Gasteiger partial charge in [-0.2, -0.15) is 0 Å². The molecule has 0 saturated heterocycles. The first kappa shape index (κ1) is 14.9. The summed E-state index contributed by atoms with van der Waals surface area (Å²) in [5.74, 6) is 0.000515. The van der Waals surface area contributed by atoms with Crippen molar-refractivity contribution in [2.45, 2.75) is 31.7 Å². The van der Waals surface area contributed by atoms with Gasteiger partial charge in [0, 0.05) is 36.1 Å². The molecule has 116 valence electrons. The van der Waals surface area contributed by atoms with Crippen molar-refractivity contribution in [3.8, 4) is 0 Å². The number of rotatable bonds is 3. The predicted molar refractivity (Wildman–Crippen MR) is 91.0 cm³/mol. The van der Waals surface area contributed by atoms with Crippen molar-refractivity contribution in [1.82, 2.24) is 0 Å². The van der Waals surface area contributed by atoms with Crippen molar-refractivity contribution in [3.63, 3.8) is 0 Å². The molecule has 0 radical (unpaired) electrons. The van der Waals surface area contributed by atoms with Crippen LogP contribution in [0.3, 0.4) is 0 Å². The van der Waals surface area contributed by atoms with Gasteiger partial charge >= 0.3 is 0 Å². The van der Waals surface area contributed by atoms with Crippen molar-refractivity contribution >= 4 is 17.3 Å². The number of nitrogens with one attached hydrogen (secondary N) is 1. The second-order valence-electron chi connectivity index (χ2n) is 5.97. The van der Waals surface area contributed by atoms with Crippen LogP contribution in [0, 0.1) is 0 Å². The van der Waals surface area contributed by atoms with Crippen molar-refractivity contribution < 1.29 is 4.79 Å². The monoisotopic (exact) mass is 297 g/mol. The van der Waals surface area contributed by atoms with Crippen LogP contribution < -0.4 is 16.0 Å². The van der Waals surface area contributed by atoms with Gasteiger partial charge in [-0.3, -0.25) is 4.79 Å². The van der Waals surface area contributed by atoms with E-state index < -0.39 is 0 Å². The van der Waals surface area contributed by atoms with Gasteiger partial charge in [-0.25, -0.2) is 0 Å². The number of nitrogens with zero attached hydrogens (tertiary/aromatic N) is 1. The minimum absolute atomic E-state index is 0.000515. The molecule has 3 rings (SSSR count). The summed E-state index contributed by atoms with van der Waals surface area (Å²) in [6.07, 6.45) is 9.93. The number of nitrogens with two attached hydrogens (primary N) is 1. The summed E-state index contributed by atoms with van der Waals surface area (Å²) in [5.41, 5.74) is 8.75. The van der Waals surface area contributed by atoms with Crippen LogP contribution in [0.4, 0.5) is 11.4 Å². The van der Waals surface area contributed by atoms with E-state index in [4.69, 9.17) is 5.73 Å². The van der Waals surface area contributed by atoms with E-state index in [0.717, 1.165) is 50.0 Å². The highest BCUT2D eigenvalue weighted by molar-refractivity contribution is 6.03. The fourth-order valence-electron chi connectivity index (χ4n) is 2.90. The molecule has 1 aliphatic carbocycles. The maximum atomic E-state index is 12.2. The van der Waals surface area contributed by atoms with E-state index in [9.17, 15) is 4.79 Å². The fourth-order valence-corrected chi connectivity index (χ4v) is 2.90. The molecule has 1 amide bonds. The Morgan fingerprint density at radius 1 is 1.23 bits per heavy atom. The normalized spacial score (nSPS) is 21.4. The van der Waals surface area contributed by atoms with Crippen LogP contribution in [0.15, 0.2) is 48.1 Å². The van der Waals surface area contributed by atoms with Crippen molar-refractivity contribution in [1.29, 1.82) is 0 Å². The molecule has 1 unspecified atom stereocenters. The second kappa shape index (κ2) is 6.79. The summed E-state index contributed by atoms with van der Waals surface area (Å²) in [6.45, 7) is 2.01. The SMILES string of the molecule is NC1CC=C(C(=O)Nc2ccc(N3CC=CCC3)cc2)CC1. The average Bonchev–Trinajstić information content (AvgIpc) is 2.57. The number of amides is 1. The van der Waals surface area contributed by atoms with Gasteiger partial charge in [0.2, 0.25) is 0 Å². The minimum atomic E-state index is 0.000515. The molecule has 0 aromatic heterocycles. The largest absolute Gasteiger partial charge is 0.367 e. The van der Waals surface area contributed by atoms with Crippen LogP contribution in [-0.2, 0) is 4.79 Å². The third-order valence-electron chi connectivity index (χ3n) is 4.29. The Labute approximate surface area is 131 Å². The third kappa shape index (κ3) is 3.57. The molecular weight excluding hydrogens is 274 g/mol. The van der Waals surface area contributed by atoms with E-state index in [1.54, 1.807) is 0 Å². The first-order valence-corrected chi connectivity index (χ1v) is 7.98. The number of carbonyl (C=O) groups excluding carboxylic acids is 1. The molecule has 0 bridgehead atoms. The zero-order valence-corrected chi connectivity index (χ0v) is 12.8. The molecule has 3 N–H and O–H groups in total. The molecule has 1 aromatic rings. The maximum Gasteiger partial charge on any atom is 0.251 e. The number of anilines is 2. The van der Waals surface area contributed by atoms with Crippen molar-refractivity contribution in [3.05, 3.63) is 48.1 Å². The van der Waals surface area contributed by atoms with Crippen LogP contribution in [-0.4, -0.2) is 25.0 Å². The Balaban J connectivity index is 1.61. The van der Waals surface area contributed by atoms with Gasteiger partial charge < -0.3 is 16.0 Å². The van der Waals surface area contributed by atoms with Crippen LogP contribution in [0.1, 0.15) is 25.7 Å².